The van der Waals surface area contributed by atoms with Crippen LogP contribution in [-0.2, 0) is 6.42 Å². The lowest BCUT2D eigenvalue weighted by atomic mass is 10.0. The first-order valence-electron chi connectivity index (χ1n) is 8.14. The quantitative estimate of drug-likeness (QED) is 0.583. The molecule has 4 rings (SSSR count). The Morgan fingerprint density at radius 1 is 1.20 bits per heavy atom. The van der Waals surface area contributed by atoms with Gasteiger partial charge in [0.05, 0.1) is 5.39 Å². The number of nitrogens with two attached hydrogens (primary N) is 1. The molecule has 6 heteroatoms. The highest BCUT2D eigenvalue weighted by atomic mass is 32.1. The monoisotopic (exact) mass is 350 g/mol. The van der Waals surface area contributed by atoms with Crippen molar-refractivity contribution in [1.29, 1.82) is 0 Å². The number of thiophene rings is 1. The second-order valence-electron chi connectivity index (χ2n) is 6.14. The van der Waals surface area contributed by atoms with Crippen LogP contribution in [0.15, 0.2) is 47.0 Å². The molecule has 1 atom stereocenters. The Balaban J connectivity index is 1.69. The second-order valence-corrected chi connectivity index (χ2v) is 7.20. The standard InChI is InChI=1S/C19H18N4OS/c1-11(9-13-5-3-4-8-21-13)16-10-14-17(20)22-18(23-19(14)25-16)15-7-6-12(2)24-15/h3-8,10-11H,9H2,1-2H3,(H2,20,22,23). The lowest BCUT2D eigenvalue weighted by molar-refractivity contribution is 0.544. The summed E-state index contributed by atoms with van der Waals surface area (Å²) in [5.41, 5.74) is 7.25. The van der Waals surface area contributed by atoms with E-state index >= 15 is 0 Å². The van der Waals surface area contributed by atoms with Gasteiger partial charge in [0, 0.05) is 16.8 Å². The van der Waals surface area contributed by atoms with E-state index in [0.29, 0.717) is 23.3 Å². The summed E-state index contributed by atoms with van der Waals surface area (Å²) < 4.78 is 5.62. The van der Waals surface area contributed by atoms with Gasteiger partial charge in [-0.3, -0.25) is 4.98 Å². The van der Waals surface area contributed by atoms with Gasteiger partial charge in [-0.2, -0.15) is 0 Å². The van der Waals surface area contributed by atoms with E-state index in [-0.39, 0.29) is 0 Å². The molecule has 0 aliphatic heterocycles. The highest BCUT2D eigenvalue weighted by molar-refractivity contribution is 7.18. The molecule has 126 valence electrons. The molecule has 0 bridgehead atoms. The molecule has 0 spiro atoms. The number of hydrogen-bond donors (Lipinski definition) is 1. The zero-order valence-corrected chi connectivity index (χ0v) is 14.9. The lowest BCUT2D eigenvalue weighted by Gasteiger charge is -2.07. The lowest BCUT2D eigenvalue weighted by Crippen LogP contribution is -1.97. The maximum atomic E-state index is 6.17. The van der Waals surface area contributed by atoms with Gasteiger partial charge >= 0.3 is 0 Å². The largest absolute Gasteiger partial charge is 0.458 e. The van der Waals surface area contributed by atoms with Crippen molar-refractivity contribution in [3.63, 3.8) is 0 Å². The molecule has 0 saturated carbocycles. The van der Waals surface area contributed by atoms with Crippen LogP contribution < -0.4 is 5.73 Å². The van der Waals surface area contributed by atoms with Crippen molar-refractivity contribution in [2.75, 3.05) is 5.73 Å². The smallest absolute Gasteiger partial charge is 0.199 e. The normalized spacial score (nSPS) is 12.6. The fourth-order valence-electron chi connectivity index (χ4n) is 2.80. The van der Waals surface area contributed by atoms with E-state index in [1.807, 2.05) is 37.4 Å². The number of furan rings is 1. The van der Waals surface area contributed by atoms with Crippen molar-refractivity contribution in [3.05, 3.63) is 58.9 Å². The van der Waals surface area contributed by atoms with Crippen LogP contribution in [0, 0.1) is 6.92 Å². The van der Waals surface area contributed by atoms with Crippen molar-refractivity contribution in [2.45, 2.75) is 26.2 Å². The van der Waals surface area contributed by atoms with Crippen LogP contribution in [0.1, 0.15) is 29.2 Å². The van der Waals surface area contributed by atoms with E-state index < -0.39 is 0 Å². The molecular weight excluding hydrogens is 332 g/mol. The van der Waals surface area contributed by atoms with Gasteiger partial charge < -0.3 is 10.2 Å². The van der Waals surface area contributed by atoms with E-state index in [2.05, 4.69) is 34.0 Å². The maximum Gasteiger partial charge on any atom is 0.199 e. The Kier molecular flexibility index (Phi) is 3.97. The number of nitrogen functional groups attached to an aromatic ring is 1. The average Bonchev–Trinajstić information content (AvgIpc) is 3.22. The predicted molar refractivity (Wildman–Crippen MR) is 101 cm³/mol. The van der Waals surface area contributed by atoms with Gasteiger partial charge in [-0.25, -0.2) is 9.97 Å². The molecule has 4 aromatic heterocycles. The van der Waals surface area contributed by atoms with Crippen LogP contribution in [0.2, 0.25) is 0 Å². The molecule has 0 radical (unpaired) electrons. The fourth-order valence-corrected chi connectivity index (χ4v) is 3.89. The first-order chi connectivity index (χ1) is 12.1. The third-order valence-corrected chi connectivity index (χ3v) is 5.39. The Hall–Kier alpha value is -2.73. The number of rotatable bonds is 4. The number of aryl methyl sites for hydroxylation is 1. The molecule has 0 fully saturated rings. The molecule has 4 heterocycles. The van der Waals surface area contributed by atoms with E-state index in [0.717, 1.165) is 28.1 Å². The zero-order valence-electron chi connectivity index (χ0n) is 14.1. The van der Waals surface area contributed by atoms with Gasteiger partial charge in [0.25, 0.3) is 0 Å². The van der Waals surface area contributed by atoms with E-state index in [1.165, 1.54) is 4.88 Å². The van der Waals surface area contributed by atoms with E-state index in [1.54, 1.807) is 11.3 Å². The Bertz CT molecular complexity index is 1020. The first kappa shape index (κ1) is 15.8. The number of hydrogen-bond acceptors (Lipinski definition) is 6. The highest BCUT2D eigenvalue weighted by Crippen LogP contribution is 2.35. The summed E-state index contributed by atoms with van der Waals surface area (Å²) in [6, 6.07) is 11.9. The zero-order chi connectivity index (χ0) is 17.4. The molecular formula is C19H18N4OS. The van der Waals surface area contributed by atoms with Crippen molar-refractivity contribution in [2.24, 2.45) is 0 Å². The van der Waals surface area contributed by atoms with E-state index in [4.69, 9.17) is 10.2 Å². The Morgan fingerprint density at radius 3 is 2.80 bits per heavy atom. The first-order valence-corrected chi connectivity index (χ1v) is 8.95. The molecule has 0 amide bonds. The van der Waals surface area contributed by atoms with Crippen LogP contribution in [-0.4, -0.2) is 15.0 Å². The SMILES string of the molecule is Cc1ccc(-c2nc(N)c3cc(C(C)Cc4ccccn4)sc3n2)o1. The number of fused-ring (bicyclic) bond motifs is 1. The van der Waals surface area contributed by atoms with Crippen molar-refractivity contribution >= 4 is 27.4 Å². The van der Waals surface area contributed by atoms with Crippen molar-refractivity contribution in [1.82, 2.24) is 15.0 Å². The van der Waals surface area contributed by atoms with Crippen LogP contribution >= 0.6 is 11.3 Å². The minimum Gasteiger partial charge on any atom is -0.458 e. The number of nitrogens with zero attached hydrogens (tertiary/aromatic N) is 3. The molecule has 25 heavy (non-hydrogen) atoms. The minimum atomic E-state index is 0.336. The Labute approximate surface area is 149 Å². The summed E-state index contributed by atoms with van der Waals surface area (Å²) in [7, 11) is 0. The predicted octanol–water partition coefficient (Wildman–Crippen LogP) is 4.58. The molecule has 0 aromatic carbocycles. The van der Waals surface area contributed by atoms with Crippen LogP contribution in [0.4, 0.5) is 5.82 Å². The third kappa shape index (κ3) is 3.13. The maximum absolute atomic E-state index is 6.17. The van der Waals surface area contributed by atoms with E-state index in [9.17, 15) is 0 Å². The van der Waals surface area contributed by atoms with Crippen molar-refractivity contribution < 1.29 is 4.42 Å². The van der Waals surface area contributed by atoms with Gasteiger partial charge in [-0.15, -0.1) is 11.3 Å². The van der Waals surface area contributed by atoms with Gasteiger partial charge in [-0.05, 0) is 49.6 Å². The highest BCUT2D eigenvalue weighted by Gasteiger charge is 2.16. The Morgan fingerprint density at radius 2 is 2.08 bits per heavy atom. The number of aromatic nitrogens is 3. The summed E-state index contributed by atoms with van der Waals surface area (Å²) >= 11 is 1.65. The van der Waals surface area contributed by atoms with Gasteiger partial charge in [0.1, 0.15) is 16.4 Å². The molecule has 0 aliphatic carbocycles. The topological polar surface area (TPSA) is 77.8 Å². The average molecular weight is 350 g/mol. The van der Waals surface area contributed by atoms with Crippen molar-refractivity contribution in [3.8, 4) is 11.6 Å². The van der Waals surface area contributed by atoms with Crippen LogP contribution in [0.3, 0.4) is 0 Å². The third-order valence-electron chi connectivity index (χ3n) is 4.13. The molecule has 5 nitrogen and oxygen atoms in total. The minimum absolute atomic E-state index is 0.336. The summed E-state index contributed by atoms with van der Waals surface area (Å²) in [4.78, 5) is 15.6. The van der Waals surface area contributed by atoms with Gasteiger partial charge in [0.15, 0.2) is 11.6 Å². The summed E-state index contributed by atoms with van der Waals surface area (Å²) in [5.74, 6) is 2.82. The summed E-state index contributed by atoms with van der Waals surface area (Å²) in [6.45, 7) is 4.09. The molecule has 4 aromatic rings. The van der Waals surface area contributed by atoms with Gasteiger partial charge in [-0.1, -0.05) is 13.0 Å². The van der Waals surface area contributed by atoms with Crippen LogP contribution in [0.25, 0.3) is 21.8 Å². The second kappa shape index (κ2) is 6.29. The molecule has 0 aliphatic rings. The molecule has 0 saturated heterocycles. The number of anilines is 1. The molecule has 2 N–H and O–H groups in total. The fraction of sp³-hybridized carbons (Fsp3) is 0.211. The van der Waals surface area contributed by atoms with Crippen LogP contribution in [0.5, 0.6) is 0 Å². The summed E-state index contributed by atoms with van der Waals surface area (Å²) in [6.07, 6.45) is 2.71. The number of pyridine rings is 1. The van der Waals surface area contributed by atoms with Gasteiger partial charge in [0.2, 0.25) is 0 Å². The molecule has 1 unspecified atom stereocenters. The summed E-state index contributed by atoms with van der Waals surface area (Å²) in [5, 5.41) is 0.903.